The van der Waals surface area contributed by atoms with Crippen molar-refractivity contribution in [1.82, 2.24) is 0 Å². The third kappa shape index (κ3) is 2.14. The smallest absolute Gasteiger partial charge is 0.449 e. The summed E-state index contributed by atoms with van der Waals surface area (Å²) in [5.41, 5.74) is -0.0814. The molecule has 11 heavy (non-hydrogen) atoms. The molecular formula is C7H13BF3-. The first-order chi connectivity index (χ1) is 4.81. The first-order valence-electron chi connectivity index (χ1n) is 4.01. The average molecular weight is 165 g/mol. The van der Waals surface area contributed by atoms with E-state index in [2.05, 4.69) is 0 Å². The van der Waals surface area contributed by atoms with E-state index in [1.807, 2.05) is 13.8 Å². The van der Waals surface area contributed by atoms with Crippen LogP contribution >= 0.6 is 0 Å². The first kappa shape index (κ1) is 8.95. The predicted octanol–water partition coefficient (Wildman–Crippen LogP) is 3.41. The molecule has 66 valence electrons. The molecule has 1 aliphatic carbocycles. The van der Waals surface area contributed by atoms with Gasteiger partial charge in [-0.15, -0.1) is 0 Å². The van der Waals surface area contributed by atoms with Crippen LogP contribution in [0.3, 0.4) is 0 Å². The Bertz CT molecular complexity index is 150. The molecule has 4 heteroatoms. The van der Waals surface area contributed by atoms with Crippen LogP contribution in [0, 0.1) is 5.41 Å². The maximum atomic E-state index is 12.2. The molecule has 1 atom stereocenters. The van der Waals surface area contributed by atoms with Crippen LogP contribution in [0.4, 0.5) is 12.9 Å². The zero-order valence-electron chi connectivity index (χ0n) is 6.91. The maximum Gasteiger partial charge on any atom is 0.481 e. The van der Waals surface area contributed by atoms with Gasteiger partial charge in [0, 0.05) is 0 Å². The fourth-order valence-electron chi connectivity index (χ4n) is 1.81. The maximum absolute atomic E-state index is 12.2. The minimum Gasteiger partial charge on any atom is -0.449 e. The van der Waals surface area contributed by atoms with E-state index in [0.717, 1.165) is 6.42 Å². The minimum atomic E-state index is -4.57. The van der Waals surface area contributed by atoms with Gasteiger partial charge in [-0.25, -0.2) is 0 Å². The highest BCUT2D eigenvalue weighted by Crippen LogP contribution is 2.49. The average Bonchev–Trinajstić information content (AvgIpc) is 2.07. The van der Waals surface area contributed by atoms with Crippen molar-refractivity contribution in [3.05, 3.63) is 0 Å². The molecule has 1 aliphatic rings. The molecule has 1 rings (SSSR count). The second-order valence-corrected chi connectivity index (χ2v) is 4.29. The monoisotopic (exact) mass is 165 g/mol. The highest BCUT2D eigenvalue weighted by molar-refractivity contribution is 6.60. The zero-order valence-corrected chi connectivity index (χ0v) is 6.91. The Hall–Kier alpha value is -0.145. The van der Waals surface area contributed by atoms with Crippen LogP contribution in [0.25, 0.3) is 0 Å². The lowest BCUT2D eigenvalue weighted by Crippen LogP contribution is -2.22. The fraction of sp³-hybridized carbons (Fsp3) is 1.00. The van der Waals surface area contributed by atoms with Crippen molar-refractivity contribution in [3.8, 4) is 0 Å². The summed E-state index contributed by atoms with van der Waals surface area (Å²) in [7, 11) is 0. The molecule has 1 saturated carbocycles. The van der Waals surface area contributed by atoms with Crippen molar-refractivity contribution in [3.63, 3.8) is 0 Å². The summed E-state index contributed by atoms with van der Waals surface area (Å²) in [5, 5.41) is 0. The van der Waals surface area contributed by atoms with Gasteiger partial charge in [-0.3, -0.25) is 0 Å². The summed E-state index contributed by atoms with van der Waals surface area (Å²) < 4.78 is 36.5. The van der Waals surface area contributed by atoms with Gasteiger partial charge < -0.3 is 12.9 Å². The predicted molar refractivity (Wildman–Crippen MR) is 40.5 cm³/mol. The van der Waals surface area contributed by atoms with Crippen LogP contribution < -0.4 is 0 Å². The fourth-order valence-corrected chi connectivity index (χ4v) is 1.81. The molecule has 0 bridgehead atoms. The third-order valence-corrected chi connectivity index (χ3v) is 2.54. The summed E-state index contributed by atoms with van der Waals surface area (Å²) in [6.45, 7) is -0.748. The van der Waals surface area contributed by atoms with Crippen LogP contribution in [0.1, 0.15) is 33.1 Å². The van der Waals surface area contributed by atoms with E-state index in [-0.39, 0.29) is 5.41 Å². The molecule has 0 amide bonds. The Balaban J connectivity index is 2.55. The van der Waals surface area contributed by atoms with E-state index < -0.39 is 12.8 Å². The van der Waals surface area contributed by atoms with Gasteiger partial charge in [0.2, 0.25) is 0 Å². The largest absolute Gasteiger partial charge is 0.481 e. The number of halogens is 3. The molecule has 0 saturated heterocycles. The zero-order chi connectivity index (χ0) is 8.70. The Morgan fingerprint density at radius 2 is 1.82 bits per heavy atom. The Labute approximate surface area is 65.2 Å². The molecule has 0 aliphatic heterocycles. The van der Waals surface area contributed by atoms with Gasteiger partial charge in [0.25, 0.3) is 0 Å². The van der Waals surface area contributed by atoms with Crippen molar-refractivity contribution >= 4 is 6.98 Å². The Kier molecular flexibility index (Phi) is 1.97. The van der Waals surface area contributed by atoms with Crippen molar-refractivity contribution in [1.29, 1.82) is 0 Å². The molecule has 1 unspecified atom stereocenters. The minimum absolute atomic E-state index is 0.0814. The van der Waals surface area contributed by atoms with Crippen molar-refractivity contribution in [2.24, 2.45) is 5.41 Å². The van der Waals surface area contributed by atoms with Gasteiger partial charge in [0.1, 0.15) is 0 Å². The van der Waals surface area contributed by atoms with Crippen molar-refractivity contribution in [2.45, 2.75) is 38.9 Å². The van der Waals surface area contributed by atoms with Gasteiger partial charge in [-0.05, 0) is 5.41 Å². The van der Waals surface area contributed by atoms with Crippen LogP contribution in [0.15, 0.2) is 0 Å². The highest BCUT2D eigenvalue weighted by atomic mass is 19.4. The van der Waals surface area contributed by atoms with Crippen molar-refractivity contribution in [2.75, 3.05) is 0 Å². The molecule has 0 aromatic heterocycles. The molecule has 0 aromatic rings. The van der Waals surface area contributed by atoms with E-state index in [1.54, 1.807) is 0 Å². The summed E-state index contributed by atoms with van der Waals surface area (Å²) in [6, 6.07) is 0. The van der Waals surface area contributed by atoms with E-state index in [0.29, 0.717) is 12.8 Å². The van der Waals surface area contributed by atoms with Gasteiger partial charge in [0.05, 0.1) is 0 Å². The Morgan fingerprint density at radius 3 is 2.00 bits per heavy atom. The van der Waals surface area contributed by atoms with E-state index >= 15 is 0 Å². The van der Waals surface area contributed by atoms with Gasteiger partial charge >= 0.3 is 6.98 Å². The summed E-state index contributed by atoms with van der Waals surface area (Å²) in [6.07, 6.45) is 1.39. The molecule has 0 spiro atoms. The van der Waals surface area contributed by atoms with E-state index in [1.165, 1.54) is 0 Å². The lowest BCUT2D eigenvalue weighted by molar-refractivity contribution is 0.365. The highest BCUT2D eigenvalue weighted by Gasteiger charge is 2.42. The van der Waals surface area contributed by atoms with Gasteiger partial charge in [-0.2, -0.15) is 0 Å². The SMILES string of the molecule is CC1(C)CCC([B-](F)(F)F)C1. The molecular weight excluding hydrogens is 152 g/mol. The van der Waals surface area contributed by atoms with Crippen LogP contribution in [-0.4, -0.2) is 6.98 Å². The topological polar surface area (TPSA) is 0 Å². The number of hydrogen-bond acceptors (Lipinski definition) is 0. The van der Waals surface area contributed by atoms with Crippen LogP contribution in [0.5, 0.6) is 0 Å². The van der Waals surface area contributed by atoms with E-state index in [4.69, 9.17) is 0 Å². The van der Waals surface area contributed by atoms with Crippen LogP contribution in [-0.2, 0) is 0 Å². The molecule has 0 N–H and O–H groups in total. The second kappa shape index (κ2) is 2.42. The molecule has 0 aromatic carbocycles. The van der Waals surface area contributed by atoms with Gasteiger partial charge in [0.15, 0.2) is 0 Å². The molecule has 0 nitrogen and oxygen atoms in total. The molecule has 0 radical (unpaired) electrons. The first-order valence-corrected chi connectivity index (χ1v) is 4.01. The molecule has 1 fully saturated rings. The van der Waals surface area contributed by atoms with Crippen LogP contribution in [0.2, 0.25) is 5.82 Å². The molecule has 0 heterocycles. The second-order valence-electron chi connectivity index (χ2n) is 4.29. The summed E-state index contributed by atoms with van der Waals surface area (Å²) in [4.78, 5) is 0. The quantitative estimate of drug-likeness (QED) is 0.522. The summed E-state index contributed by atoms with van der Waals surface area (Å²) in [5.74, 6) is -0.981. The van der Waals surface area contributed by atoms with Crippen molar-refractivity contribution < 1.29 is 12.9 Å². The lowest BCUT2D eigenvalue weighted by atomic mass is 9.70. The third-order valence-electron chi connectivity index (χ3n) is 2.54. The lowest BCUT2D eigenvalue weighted by Gasteiger charge is -2.24. The van der Waals surface area contributed by atoms with E-state index in [9.17, 15) is 12.9 Å². The number of hydrogen-bond donors (Lipinski definition) is 0. The standard InChI is InChI=1S/C7H13BF3/c1-7(2)4-3-6(5-7)8(9,10)11/h6H,3-5H2,1-2H3/q-1. The Morgan fingerprint density at radius 1 is 1.27 bits per heavy atom. The normalized spacial score (nSPS) is 30.8. The van der Waals surface area contributed by atoms with Gasteiger partial charge in [-0.1, -0.05) is 38.9 Å². The number of rotatable bonds is 1. The summed E-state index contributed by atoms with van der Waals surface area (Å²) >= 11 is 0.